The van der Waals surface area contributed by atoms with E-state index in [9.17, 15) is 9.90 Å². The molecule has 0 saturated carbocycles. The Hall–Kier alpha value is -3.47. The molecule has 1 N–H and O–H groups in total. The number of para-hydroxylation sites is 4. The molecule has 0 spiro atoms. The number of phenols is 1. The molecule has 0 radical (unpaired) electrons. The number of nitrogens with zero attached hydrogens (tertiary/aromatic N) is 2. The number of fused-ring (bicyclic) bond motifs is 2. The first kappa shape index (κ1) is 17.6. The maximum absolute atomic E-state index is 13.6. The molecule has 1 saturated heterocycles. The molecule has 0 atom stereocenters. The van der Waals surface area contributed by atoms with Crippen LogP contribution >= 0.6 is 0 Å². The molecule has 2 aliphatic rings. The highest BCUT2D eigenvalue weighted by atomic mass is 16.5. The van der Waals surface area contributed by atoms with Crippen LogP contribution in [-0.4, -0.2) is 42.1 Å². The number of hydrogen-bond acceptors (Lipinski definition) is 4. The number of carbonyl (C=O) groups is 1. The van der Waals surface area contributed by atoms with Crippen LogP contribution in [0, 0.1) is 0 Å². The molecule has 0 aliphatic carbocycles. The number of benzene rings is 3. The van der Waals surface area contributed by atoms with E-state index in [0.29, 0.717) is 26.2 Å². The van der Waals surface area contributed by atoms with Gasteiger partial charge < -0.3 is 19.6 Å². The lowest BCUT2D eigenvalue weighted by atomic mass is 9.86. The van der Waals surface area contributed by atoms with Crippen molar-refractivity contribution in [1.29, 1.82) is 0 Å². The van der Waals surface area contributed by atoms with E-state index in [4.69, 9.17) is 4.74 Å². The fraction of sp³-hybridized carbons (Fsp3) is 0.208. The third-order valence-corrected chi connectivity index (χ3v) is 5.74. The molecule has 2 heterocycles. The van der Waals surface area contributed by atoms with Gasteiger partial charge in [-0.2, -0.15) is 0 Å². The second-order valence-corrected chi connectivity index (χ2v) is 7.41. The molecule has 0 unspecified atom stereocenters. The lowest BCUT2D eigenvalue weighted by Gasteiger charge is -2.38. The highest BCUT2D eigenvalue weighted by molar-refractivity contribution is 5.90. The van der Waals surface area contributed by atoms with Crippen molar-refractivity contribution >= 4 is 11.6 Å². The normalized spacial score (nSPS) is 16.0. The fourth-order valence-electron chi connectivity index (χ4n) is 4.26. The van der Waals surface area contributed by atoms with Crippen molar-refractivity contribution in [2.75, 3.05) is 31.1 Å². The monoisotopic (exact) mass is 386 g/mol. The van der Waals surface area contributed by atoms with Crippen molar-refractivity contribution in [2.45, 2.75) is 5.92 Å². The topological polar surface area (TPSA) is 53.0 Å². The predicted octanol–water partition coefficient (Wildman–Crippen LogP) is 3.98. The number of hydrogen-bond donors (Lipinski definition) is 1. The Morgan fingerprint density at radius 2 is 1.34 bits per heavy atom. The van der Waals surface area contributed by atoms with Gasteiger partial charge in [0.25, 0.3) is 0 Å². The molecule has 0 aromatic heterocycles. The van der Waals surface area contributed by atoms with Gasteiger partial charge in [-0.05, 0) is 24.3 Å². The number of ether oxygens (including phenoxy) is 1. The third-order valence-electron chi connectivity index (χ3n) is 5.74. The van der Waals surface area contributed by atoms with Crippen LogP contribution in [-0.2, 0) is 4.79 Å². The Labute approximate surface area is 169 Å². The van der Waals surface area contributed by atoms with Gasteiger partial charge in [0.1, 0.15) is 17.2 Å². The van der Waals surface area contributed by atoms with Gasteiger partial charge in [-0.3, -0.25) is 4.79 Å². The summed E-state index contributed by atoms with van der Waals surface area (Å²) in [4.78, 5) is 17.7. The van der Waals surface area contributed by atoms with Crippen LogP contribution in [0.2, 0.25) is 0 Å². The number of phenolic OH excluding ortho intramolecular Hbond substituents is 1. The number of amides is 1. The maximum Gasteiger partial charge on any atom is 0.234 e. The highest BCUT2D eigenvalue weighted by Gasteiger charge is 2.36. The average Bonchev–Trinajstić information content (AvgIpc) is 2.77. The number of aromatic hydroxyl groups is 1. The van der Waals surface area contributed by atoms with Crippen molar-refractivity contribution in [1.82, 2.24) is 4.90 Å². The molecule has 29 heavy (non-hydrogen) atoms. The largest absolute Gasteiger partial charge is 0.506 e. The van der Waals surface area contributed by atoms with E-state index >= 15 is 0 Å². The summed E-state index contributed by atoms with van der Waals surface area (Å²) in [5, 5.41) is 10.1. The second kappa shape index (κ2) is 7.17. The van der Waals surface area contributed by atoms with Crippen molar-refractivity contribution in [3.63, 3.8) is 0 Å². The van der Waals surface area contributed by atoms with Gasteiger partial charge in [0.2, 0.25) is 5.91 Å². The van der Waals surface area contributed by atoms with Crippen molar-refractivity contribution in [3.05, 3.63) is 83.9 Å². The lowest BCUT2D eigenvalue weighted by Crippen LogP contribution is -2.50. The van der Waals surface area contributed by atoms with Gasteiger partial charge in [-0.15, -0.1) is 0 Å². The zero-order chi connectivity index (χ0) is 19.8. The van der Waals surface area contributed by atoms with Gasteiger partial charge >= 0.3 is 0 Å². The highest BCUT2D eigenvalue weighted by Crippen LogP contribution is 2.44. The van der Waals surface area contributed by atoms with E-state index in [1.165, 1.54) is 0 Å². The first-order chi connectivity index (χ1) is 14.2. The Kier molecular flexibility index (Phi) is 4.35. The van der Waals surface area contributed by atoms with E-state index in [0.717, 1.165) is 28.3 Å². The summed E-state index contributed by atoms with van der Waals surface area (Å²) in [5.74, 6) is 1.52. The van der Waals surface area contributed by atoms with Crippen LogP contribution in [0.15, 0.2) is 72.8 Å². The van der Waals surface area contributed by atoms with Crippen molar-refractivity contribution in [2.24, 2.45) is 0 Å². The predicted molar refractivity (Wildman–Crippen MR) is 112 cm³/mol. The van der Waals surface area contributed by atoms with Crippen LogP contribution in [0.5, 0.6) is 17.2 Å². The molecule has 5 nitrogen and oxygen atoms in total. The Morgan fingerprint density at radius 3 is 1.97 bits per heavy atom. The molecule has 1 amide bonds. The second-order valence-electron chi connectivity index (χ2n) is 7.41. The van der Waals surface area contributed by atoms with Gasteiger partial charge in [0, 0.05) is 37.3 Å². The van der Waals surface area contributed by atoms with E-state index < -0.39 is 0 Å². The minimum atomic E-state index is -0.354. The summed E-state index contributed by atoms with van der Waals surface area (Å²) in [7, 11) is 0. The van der Waals surface area contributed by atoms with Crippen molar-refractivity contribution in [3.8, 4) is 17.2 Å². The van der Waals surface area contributed by atoms with E-state index in [2.05, 4.69) is 4.90 Å². The molecule has 0 bridgehead atoms. The number of carbonyl (C=O) groups excluding carboxylic acids is 1. The zero-order valence-electron chi connectivity index (χ0n) is 16.0. The molecule has 5 heteroatoms. The molecule has 3 aromatic carbocycles. The third kappa shape index (κ3) is 3.09. The lowest BCUT2D eigenvalue weighted by molar-refractivity contribution is -0.132. The van der Waals surface area contributed by atoms with Crippen LogP contribution in [0.3, 0.4) is 0 Å². The molecule has 1 fully saturated rings. The van der Waals surface area contributed by atoms with Gasteiger partial charge in [0.15, 0.2) is 0 Å². The molecular formula is C24H22N2O3. The first-order valence-corrected chi connectivity index (χ1v) is 9.90. The van der Waals surface area contributed by atoms with E-state index in [-0.39, 0.29) is 17.6 Å². The van der Waals surface area contributed by atoms with Crippen LogP contribution in [0.1, 0.15) is 17.0 Å². The van der Waals surface area contributed by atoms with E-state index in [1.54, 1.807) is 6.07 Å². The molecule has 5 rings (SSSR count). The summed E-state index contributed by atoms with van der Waals surface area (Å²) in [6.07, 6.45) is 0. The number of anilines is 1. The summed E-state index contributed by atoms with van der Waals surface area (Å²) in [6, 6.07) is 22.9. The quantitative estimate of drug-likeness (QED) is 0.724. The smallest absolute Gasteiger partial charge is 0.234 e. The maximum atomic E-state index is 13.6. The van der Waals surface area contributed by atoms with Crippen LogP contribution in [0.25, 0.3) is 0 Å². The van der Waals surface area contributed by atoms with Crippen molar-refractivity contribution < 1.29 is 14.6 Å². The number of piperazine rings is 1. The summed E-state index contributed by atoms with van der Waals surface area (Å²) in [6.45, 7) is 2.62. The standard InChI is InChI=1S/C24H22N2O3/c27-20-10-4-3-9-19(20)25-13-15-26(16-14-25)24(28)23-17-7-1-5-11-21(17)29-22-12-6-2-8-18(22)23/h1-12,23,27H,13-16H2. The molecule has 3 aromatic rings. The van der Waals surface area contributed by atoms with Crippen LogP contribution < -0.4 is 9.64 Å². The average molecular weight is 386 g/mol. The minimum absolute atomic E-state index is 0.102. The van der Waals surface area contributed by atoms with Gasteiger partial charge in [-0.25, -0.2) is 0 Å². The Balaban J connectivity index is 1.40. The SMILES string of the molecule is O=C(C1c2ccccc2Oc2ccccc21)N1CCN(c2ccccc2O)CC1. The Bertz CT molecular complexity index is 1010. The Morgan fingerprint density at radius 1 is 0.793 bits per heavy atom. The zero-order valence-corrected chi connectivity index (χ0v) is 16.0. The summed E-state index contributed by atoms with van der Waals surface area (Å²) in [5.41, 5.74) is 2.65. The molecular weight excluding hydrogens is 364 g/mol. The van der Waals surface area contributed by atoms with E-state index in [1.807, 2.05) is 71.6 Å². The summed E-state index contributed by atoms with van der Waals surface area (Å²) < 4.78 is 6.03. The first-order valence-electron chi connectivity index (χ1n) is 9.90. The fourth-order valence-corrected chi connectivity index (χ4v) is 4.26. The molecule has 146 valence electrons. The number of rotatable bonds is 2. The molecule has 2 aliphatic heterocycles. The van der Waals surface area contributed by atoms with Crippen LogP contribution in [0.4, 0.5) is 5.69 Å². The minimum Gasteiger partial charge on any atom is -0.506 e. The van der Waals surface area contributed by atoms with Gasteiger partial charge in [-0.1, -0.05) is 48.5 Å². The van der Waals surface area contributed by atoms with Gasteiger partial charge in [0.05, 0.1) is 11.6 Å². The summed E-state index contributed by atoms with van der Waals surface area (Å²) >= 11 is 0.